The second-order valence-electron chi connectivity index (χ2n) is 4.96. The number of hydrogen-bond acceptors (Lipinski definition) is 6. The molecule has 3 aromatic rings. The molecule has 0 aliphatic heterocycles. The van der Waals surface area contributed by atoms with Crippen LogP contribution in [0.1, 0.15) is 0 Å². The Morgan fingerprint density at radius 2 is 1.67 bits per heavy atom. The number of methoxy groups -OCH3 is 2. The highest BCUT2D eigenvalue weighted by atomic mass is 32.2. The van der Waals surface area contributed by atoms with Gasteiger partial charge < -0.3 is 13.9 Å². The van der Waals surface area contributed by atoms with E-state index in [1.807, 2.05) is 0 Å². The number of benzene rings is 2. The van der Waals surface area contributed by atoms with Crippen LogP contribution in [0.25, 0.3) is 11.0 Å². The average molecular weight is 346 g/mol. The largest absolute Gasteiger partial charge is 0.497 e. The van der Waals surface area contributed by atoms with Crippen molar-refractivity contribution in [3.8, 4) is 11.5 Å². The first-order chi connectivity index (χ1) is 11.5. The van der Waals surface area contributed by atoms with E-state index in [2.05, 4.69) is 0 Å². The molecule has 0 spiro atoms. The Labute approximate surface area is 138 Å². The predicted octanol–water partition coefficient (Wildman–Crippen LogP) is 2.64. The van der Waals surface area contributed by atoms with Gasteiger partial charge in [-0.2, -0.15) is 0 Å². The van der Waals surface area contributed by atoms with Crippen molar-refractivity contribution in [2.24, 2.45) is 0 Å². The van der Waals surface area contributed by atoms with Crippen LogP contribution in [0.2, 0.25) is 0 Å². The van der Waals surface area contributed by atoms with Crippen LogP contribution in [0, 0.1) is 0 Å². The summed E-state index contributed by atoms with van der Waals surface area (Å²) in [4.78, 5) is 11.6. The Hall–Kier alpha value is -2.80. The molecule has 124 valence electrons. The molecule has 1 heterocycles. The van der Waals surface area contributed by atoms with E-state index >= 15 is 0 Å². The zero-order valence-electron chi connectivity index (χ0n) is 13.0. The van der Waals surface area contributed by atoms with Crippen LogP contribution in [0.3, 0.4) is 0 Å². The Morgan fingerprint density at radius 1 is 0.917 bits per heavy atom. The number of rotatable bonds is 4. The van der Waals surface area contributed by atoms with E-state index in [1.54, 1.807) is 30.3 Å². The molecule has 0 saturated carbocycles. The minimum absolute atomic E-state index is 0.114. The van der Waals surface area contributed by atoms with Gasteiger partial charge in [-0.3, -0.25) is 0 Å². The van der Waals surface area contributed by atoms with Crippen LogP contribution >= 0.6 is 0 Å². The summed E-state index contributed by atoms with van der Waals surface area (Å²) in [6.45, 7) is 0. The van der Waals surface area contributed by atoms with Crippen LogP contribution in [0.15, 0.2) is 67.5 Å². The second kappa shape index (κ2) is 6.01. The molecule has 0 unspecified atom stereocenters. The van der Waals surface area contributed by atoms with E-state index in [1.165, 1.54) is 32.4 Å². The molecule has 0 bridgehead atoms. The fourth-order valence-corrected chi connectivity index (χ4v) is 3.81. The summed E-state index contributed by atoms with van der Waals surface area (Å²) in [6, 6.07) is 12.3. The highest BCUT2D eigenvalue weighted by molar-refractivity contribution is 7.91. The first-order valence-corrected chi connectivity index (χ1v) is 8.45. The molecule has 0 atom stereocenters. The normalized spacial score (nSPS) is 11.4. The van der Waals surface area contributed by atoms with Crippen molar-refractivity contribution in [1.82, 2.24) is 0 Å². The van der Waals surface area contributed by atoms with Crippen molar-refractivity contribution in [1.29, 1.82) is 0 Å². The van der Waals surface area contributed by atoms with Gasteiger partial charge in [-0.25, -0.2) is 13.2 Å². The summed E-state index contributed by atoms with van der Waals surface area (Å²) in [6.07, 6.45) is 0. The molecule has 0 N–H and O–H groups in total. The Balaban J connectivity index is 2.29. The average Bonchev–Trinajstić information content (AvgIpc) is 2.60. The molecule has 0 aliphatic carbocycles. The molecule has 7 heteroatoms. The molecule has 0 saturated heterocycles. The maximum absolute atomic E-state index is 13.0. The van der Waals surface area contributed by atoms with Crippen LogP contribution in [-0.4, -0.2) is 22.6 Å². The monoisotopic (exact) mass is 346 g/mol. The maximum atomic E-state index is 13.0. The van der Waals surface area contributed by atoms with Gasteiger partial charge in [0.25, 0.3) is 0 Å². The van der Waals surface area contributed by atoms with Gasteiger partial charge in [-0.15, -0.1) is 0 Å². The van der Waals surface area contributed by atoms with E-state index in [-0.39, 0.29) is 10.6 Å². The summed E-state index contributed by atoms with van der Waals surface area (Å²) in [5.41, 5.74) is -0.613. The first kappa shape index (κ1) is 16.1. The van der Waals surface area contributed by atoms with Gasteiger partial charge in [-0.1, -0.05) is 18.2 Å². The lowest BCUT2D eigenvalue weighted by Crippen LogP contribution is -2.15. The quantitative estimate of drug-likeness (QED) is 0.676. The molecule has 0 fully saturated rings. The van der Waals surface area contributed by atoms with Gasteiger partial charge >= 0.3 is 5.63 Å². The fraction of sp³-hybridized carbons (Fsp3) is 0.118. The SMILES string of the molecule is COc1ccc(OC)c(S(=O)(=O)c2cc3ccccc3oc2=O)c1. The molecule has 6 nitrogen and oxygen atoms in total. The zero-order valence-corrected chi connectivity index (χ0v) is 13.8. The fourth-order valence-electron chi connectivity index (χ4n) is 2.34. The number of fused-ring (bicyclic) bond motifs is 1. The van der Waals surface area contributed by atoms with Crippen LogP contribution in [0.5, 0.6) is 11.5 Å². The Morgan fingerprint density at radius 3 is 2.38 bits per heavy atom. The third-order valence-corrected chi connectivity index (χ3v) is 5.32. The van der Waals surface area contributed by atoms with Gasteiger partial charge in [0.15, 0.2) is 4.90 Å². The minimum Gasteiger partial charge on any atom is -0.497 e. The first-order valence-electron chi connectivity index (χ1n) is 6.97. The van der Waals surface area contributed by atoms with Crippen LogP contribution in [0.4, 0.5) is 0 Å². The van der Waals surface area contributed by atoms with Crippen molar-refractivity contribution >= 4 is 20.8 Å². The smallest absolute Gasteiger partial charge is 0.355 e. The van der Waals surface area contributed by atoms with Crippen molar-refractivity contribution < 1.29 is 22.3 Å². The number of para-hydroxylation sites is 1. The van der Waals surface area contributed by atoms with Gasteiger partial charge in [0.1, 0.15) is 22.0 Å². The summed E-state index contributed by atoms with van der Waals surface area (Å²) >= 11 is 0. The highest BCUT2D eigenvalue weighted by Crippen LogP contribution is 2.32. The molecule has 0 radical (unpaired) electrons. The number of hydrogen-bond donors (Lipinski definition) is 0. The molecule has 3 rings (SSSR count). The molecule has 0 aliphatic rings. The van der Waals surface area contributed by atoms with Crippen molar-refractivity contribution in [3.63, 3.8) is 0 Å². The summed E-state index contributed by atoms with van der Waals surface area (Å²) in [5.74, 6) is 0.447. The Kier molecular flexibility index (Phi) is 4.02. The lowest BCUT2D eigenvalue weighted by molar-refractivity contribution is 0.392. The maximum Gasteiger partial charge on any atom is 0.355 e. The molecule has 24 heavy (non-hydrogen) atoms. The van der Waals surface area contributed by atoms with Crippen molar-refractivity contribution in [3.05, 3.63) is 59.0 Å². The van der Waals surface area contributed by atoms with Crippen molar-refractivity contribution in [2.75, 3.05) is 14.2 Å². The minimum atomic E-state index is -4.15. The van der Waals surface area contributed by atoms with E-state index in [0.717, 1.165) is 0 Å². The Bertz CT molecular complexity index is 1070. The van der Waals surface area contributed by atoms with Gasteiger partial charge in [0, 0.05) is 11.5 Å². The zero-order chi connectivity index (χ0) is 17.3. The molecular weight excluding hydrogens is 332 g/mol. The lowest BCUT2D eigenvalue weighted by atomic mass is 10.2. The van der Waals surface area contributed by atoms with E-state index < -0.39 is 20.4 Å². The van der Waals surface area contributed by atoms with E-state index in [4.69, 9.17) is 13.9 Å². The van der Waals surface area contributed by atoms with Gasteiger partial charge in [-0.05, 0) is 24.3 Å². The van der Waals surface area contributed by atoms with E-state index in [9.17, 15) is 13.2 Å². The molecule has 1 aromatic heterocycles. The molecule has 0 amide bonds. The highest BCUT2D eigenvalue weighted by Gasteiger charge is 2.27. The van der Waals surface area contributed by atoms with E-state index in [0.29, 0.717) is 16.7 Å². The topological polar surface area (TPSA) is 82.8 Å². The summed E-state index contributed by atoms with van der Waals surface area (Å²) < 4.78 is 41.2. The number of ether oxygens (including phenoxy) is 2. The number of sulfone groups is 1. The van der Waals surface area contributed by atoms with Crippen LogP contribution in [-0.2, 0) is 9.84 Å². The third-order valence-electron chi connectivity index (χ3n) is 3.56. The predicted molar refractivity (Wildman–Crippen MR) is 87.5 cm³/mol. The third kappa shape index (κ3) is 2.63. The van der Waals surface area contributed by atoms with Crippen molar-refractivity contribution in [2.45, 2.75) is 9.79 Å². The van der Waals surface area contributed by atoms with Gasteiger partial charge in [0.05, 0.1) is 14.2 Å². The van der Waals surface area contributed by atoms with Gasteiger partial charge in [0.2, 0.25) is 9.84 Å². The lowest BCUT2D eigenvalue weighted by Gasteiger charge is -2.11. The summed E-state index contributed by atoms with van der Waals surface area (Å²) in [7, 11) is -1.38. The second-order valence-corrected chi connectivity index (χ2v) is 6.84. The summed E-state index contributed by atoms with van der Waals surface area (Å²) in [5, 5.41) is 0.512. The molecule has 2 aromatic carbocycles. The molecular formula is C17H14O6S. The van der Waals surface area contributed by atoms with Crippen LogP contribution < -0.4 is 15.1 Å². The standard InChI is InChI=1S/C17H14O6S/c1-21-12-7-8-14(22-2)15(10-12)24(19,20)16-9-11-5-3-4-6-13(11)23-17(16)18/h3-10H,1-2H3.